The van der Waals surface area contributed by atoms with Crippen molar-refractivity contribution in [1.29, 1.82) is 0 Å². The van der Waals surface area contributed by atoms with Crippen LogP contribution < -0.4 is 0 Å². The Morgan fingerprint density at radius 1 is 1.45 bits per heavy atom. The zero-order chi connectivity index (χ0) is 14.8. The minimum absolute atomic E-state index is 0.00343. The van der Waals surface area contributed by atoms with Crippen LogP contribution in [-0.4, -0.2) is 31.1 Å². The van der Waals surface area contributed by atoms with E-state index in [1.54, 1.807) is 6.08 Å². The summed E-state index contributed by atoms with van der Waals surface area (Å²) in [6.45, 7) is 8.80. The van der Waals surface area contributed by atoms with Crippen molar-refractivity contribution in [1.82, 2.24) is 0 Å². The van der Waals surface area contributed by atoms with Gasteiger partial charge >= 0.3 is 0 Å². The third-order valence-corrected chi connectivity index (χ3v) is 4.53. The first kappa shape index (κ1) is 15.4. The van der Waals surface area contributed by atoms with Crippen LogP contribution >= 0.6 is 0 Å². The van der Waals surface area contributed by atoms with Gasteiger partial charge in [-0.1, -0.05) is 19.9 Å². The molecule has 4 nitrogen and oxygen atoms in total. The van der Waals surface area contributed by atoms with Crippen molar-refractivity contribution < 1.29 is 19.1 Å². The molecule has 1 saturated heterocycles. The first-order valence-electron chi connectivity index (χ1n) is 7.40. The summed E-state index contributed by atoms with van der Waals surface area (Å²) in [5.74, 6) is -0.218. The lowest BCUT2D eigenvalue weighted by Crippen LogP contribution is -2.39. The molecule has 2 aliphatic rings. The van der Waals surface area contributed by atoms with Crippen molar-refractivity contribution in [3.63, 3.8) is 0 Å². The number of hydrogen-bond donors (Lipinski definition) is 0. The number of carbonyl (C=O) groups is 2. The molecule has 1 unspecified atom stereocenters. The highest BCUT2D eigenvalue weighted by Gasteiger charge is 2.42. The number of ether oxygens (including phenoxy) is 2. The van der Waals surface area contributed by atoms with Gasteiger partial charge in [0.25, 0.3) is 0 Å². The maximum Gasteiger partial charge on any atom is 0.166 e. The van der Waals surface area contributed by atoms with Crippen LogP contribution in [0.2, 0.25) is 0 Å². The van der Waals surface area contributed by atoms with Crippen LogP contribution in [0.25, 0.3) is 0 Å². The second-order valence-electron chi connectivity index (χ2n) is 6.24. The second kappa shape index (κ2) is 6.19. The highest BCUT2D eigenvalue weighted by atomic mass is 16.7. The van der Waals surface area contributed by atoms with Crippen molar-refractivity contribution >= 4 is 11.6 Å². The molecule has 0 bridgehead atoms. The Bertz CT molecular complexity index is 397. The molecule has 0 spiro atoms. The van der Waals surface area contributed by atoms with Gasteiger partial charge in [-0.3, -0.25) is 9.59 Å². The van der Waals surface area contributed by atoms with E-state index in [0.717, 1.165) is 12.8 Å². The van der Waals surface area contributed by atoms with Crippen molar-refractivity contribution in [3.8, 4) is 0 Å². The molecule has 1 aliphatic carbocycles. The van der Waals surface area contributed by atoms with Crippen LogP contribution in [-0.2, 0) is 19.1 Å². The van der Waals surface area contributed by atoms with Crippen LogP contribution in [0.4, 0.5) is 0 Å². The first-order chi connectivity index (χ1) is 9.48. The third kappa shape index (κ3) is 3.01. The number of Topliss-reactive ketones (excluding diaryl/α,β-unsaturated/α-hetero) is 2. The summed E-state index contributed by atoms with van der Waals surface area (Å²) in [7, 11) is 0. The van der Waals surface area contributed by atoms with E-state index < -0.39 is 17.6 Å². The average molecular weight is 280 g/mol. The van der Waals surface area contributed by atoms with E-state index in [1.807, 2.05) is 13.8 Å². The standard InChI is InChI=1S/C16H24O4/c1-4-16(3,15-19-8-9-20-15)10-13(18)14-11(2)6-5-7-12(14)17/h4,11,14-15H,1,5-10H2,2-3H3/t11-,14?,16-/m1/s1. The van der Waals surface area contributed by atoms with Gasteiger partial charge in [0.05, 0.1) is 19.1 Å². The molecule has 1 aliphatic heterocycles. The normalized spacial score (nSPS) is 31.0. The second-order valence-corrected chi connectivity index (χ2v) is 6.24. The van der Waals surface area contributed by atoms with Crippen molar-refractivity contribution in [3.05, 3.63) is 12.7 Å². The van der Waals surface area contributed by atoms with Crippen LogP contribution in [0, 0.1) is 17.3 Å². The number of rotatable bonds is 5. The Balaban J connectivity index is 2.08. The predicted octanol–water partition coefficient (Wildman–Crippen LogP) is 2.52. The number of carbonyl (C=O) groups excluding carboxylic acids is 2. The summed E-state index contributed by atoms with van der Waals surface area (Å²) >= 11 is 0. The predicted molar refractivity (Wildman–Crippen MR) is 75.1 cm³/mol. The van der Waals surface area contributed by atoms with E-state index in [9.17, 15) is 9.59 Å². The van der Waals surface area contributed by atoms with Gasteiger partial charge in [0.15, 0.2) is 6.29 Å². The number of ketones is 2. The zero-order valence-corrected chi connectivity index (χ0v) is 12.4. The fraction of sp³-hybridized carbons (Fsp3) is 0.750. The topological polar surface area (TPSA) is 52.6 Å². The molecule has 0 amide bonds. The van der Waals surface area contributed by atoms with E-state index in [1.165, 1.54) is 0 Å². The Kier molecular flexibility index (Phi) is 4.76. The highest BCUT2D eigenvalue weighted by molar-refractivity contribution is 6.03. The van der Waals surface area contributed by atoms with E-state index >= 15 is 0 Å². The maximum absolute atomic E-state index is 12.6. The molecule has 0 radical (unpaired) electrons. The summed E-state index contributed by atoms with van der Waals surface area (Å²) < 4.78 is 11.0. The molecular weight excluding hydrogens is 256 g/mol. The lowest BCUT2D eigenvalue weighted by atomic mass is 9.72. The molecule has 0 aromatic heterocycles. The lowest BCUT2D eigenvalue weighted by Gasteiger charge is -2.33. The SMILES string of the molecule is C=C[C@](C)(CC(=O)C1C(=O)CCC[C@H]1C)C1OCCO1. The van der Waals surface area contributed by atoms with Gasteiger partial charge in [-0.25, -0.2) is 0 Å². The number of hydrogen-bond acceptors (Lipinski definition) is 4. The molecular formula is C16H24O4. The van der Waals surface area contributed by atoms with Gasteiger partial charge < -0.3 is 9.47 Å². The Hall–Kier alpha value is -1.00. The minimum Gasteiger partial charge on any atom is -0.349 e. The van der Waals surface area contributed by atoms with E-state index in [2.05, 4.69) is 6.58 Å². The van der Waals surface area contributed by atoms with Crippen LogP contribution in [0.1, 0.15) is 39.5 Å². The van der Waals surface area contributed by atoms with E-state index in [0.29, 0.717) is 19.6 Å². The third-order valence-electron chi connectivity index (χ3n) is 4.53. The summed E-state index contributed by atoms with van der Waals surface area (Å²) in [4.78, 5) is 24.6. The Morgan fingerprint density at radius 3 is 2.65 bits per heavy atom. The van der Waals surface area contributed by atoms with Gasteiger partial charge in [-0.15, -0.1) is 6.58 Å². The molecule has 0 aromatic rings. The Labute approximate surface area is 120 Å². The quantitative estimate of drug-likeness (QED) is 0.573. The van der Waals surface area contributed by atoms with Crippen LogP contribution in [0.3, 0.4) is 0 Å². The molecule has 1 heterocycles. The van der Waals surface area contributed by atoms with Gasteiger partial charge in [0, 0.05) is 18.3 Å². The van der Waals surface area contributed by atoms with Crippen molar-refractivity contribution in [2.24, 2.45) is 17.3 Å². The zero-order valence-electron chi connectivity index (χ0n) is 12.4. The minimum atomic E-state index is -0.564. The van der Waals surface area contributed by atoms with Gasteiger partial charge in [0.1, 0.15) is 11.6 Å². The van der Waals surface area contributed by atoms with Gasteiger partial charge in [-0.2, -0.15) is 0 Å². The lowest BCUT2D eigenvalue weighted by molar-refractivity contribution is -0.144. The molecule has 4 heteroatoms. The van der Waals surface area contributed by atoms with Gasteiger partial charge in [0.2, 0.25) is 0 Å². The van der Waals surface area contributed by atoms with Crippen molar-refractivity contribution in [2.45, 2.75) is 45.8 Å². The summed E-state index contributed by atoms with van der Waals surface area (Å²) in [5.41, 5.74) is -0.564. The van der Waals surface area contributed by atoms with Crippen LogP contribution in [0.15, 0.2) is 12.7 Å². The largest absolute Gasteiger partial charge is 0.349 e. The molecule has 112 valence electrons. The fourth-order valence-corrected chi connectivity index (χ4v) is 3.21. The average Bonchev–Trinajstić information content (AvgIpc) is 2.92. The maximum atomic E-state index is 12.6. The molecule has 0 aromatic carbocycles. The summed E-state index contributed by atoms with van der Waals surface area (Å²) in [5, 5.41) is 0. The molecule has 2 rings (SSSR count). The molecule has 0 N–H and O–H groups in total. The summed E-state index contributed by atoms with van der Waals surface area (Å²) in [6.07, 6.45) is 3.92. The van der Waals surface area contributed by atoms with E-state index in [-0.39, 0.29) is 23.9 Å². The molecule has 1 saturated carbocycles. The fourth-order valence-electron chi connectivity index (χ4n) is 3.21. The summed E-state index contributed by atoms with van der Waals surface area (Å²) in [6, 6.07) is 0. The van der Waals surface area contributed by atoms with Crippen LogP contribution in [0.5, 0.6) is 0 Å². The van der Waals surface area contributed by atoms with E-state index in [4.69, 9.17) is 9.47 Å². The molecule has 3 atom stereocenters. The Morgan fingerprint density at radius 2 is 2.10 bits per heavy atom. The first-order valence-corrected chi connectivity index (χ1v) is 7.40. The molecule has 2 fully saturated rings. The smallest absolute Gasteiger partial charge is 0.166 e. The highest BCUT2D eigenvalue weighted by Crippen LogP contribution is 2.37. The van der Waals surface area contributed by atoms with Gasteiger partial charge in [-0.05, 0) is 18.8 Å². The monoisotopic (exact) mass is 280 g/mol. The van der Waals surface area contributed by atoms with Crippen molar-refractivity contribution in [2.75, 3.05) is 13.2 Å². The molecule has 20 heavy (non-hydrogen) atoms.